The molecule has 0 bridgehead atoms. The molecule has 3 aromatic rings. The Morgan fingerprint density at radius 3 is 2.50 bits per heavy atom. The number of amides is 3. The van der Waals surface area contributed by atoms with Crippen LogP contribution in [0, 0.1) is 4.91 Å². The minimum absolute atomic E-state index is 0.0375. The van der Waals surface area contributed by atoms with Crippen LogP contribution in [0.15, 0.2) is 71.0 Å². The van der Waals surface area contributed by atoms with Gasteiger partial charge in [-0.25, -0.2) is 5.48 Å². The Morgan fingerprint density at radius 1 is 1.06 bits per heavy atom. The van der Waals surface area contributed by atoms with Gasteiger partial charge in [0.15, 0.2) is 0 Å². The molecular weight excluding hydrogens is 709 g/mol. The van der Waals surface area contributed by atoms with Crippen LogP contribution in [0.2, 0.25) is 10.0 Å². The van der Waals surface area contributed by atoms with Gasteiger partial charge in [-0.2, -0.15) is 0 Å². The number of ether oxygens (including phenoxy) is 1. The minimum atomic E-state index is -1.71. The Kier molecular flexibility index (Phi) is 12.7. The fraction of sp³-hybridized carbons (Fsp3) is 0.364. The Hall–Kier alpha value is -4.21. The van der Waals surface area contributed by atoms with Crippen LogP contribution in [0.4, 0.5) is 0 Å². The number of rotatable bonds is 13. The van der Waals surface area contributed by atoms with Crippen molar-refractivity contribution in [1.82, 2.24) is 15.1 Å². The summed E-state index contributed by atoms with van der Waals surface area (Å²) in [6.45, 7) is -0.0375. The monoisotopic (exact) mass is 741 g/mol. The fourth-order valence-electron chi connectivity index (χ4n) is 6.51. The molecule has 0 saturated heterocycles. The van der Waals surface area contributed by atoms with E-state index in [2.05, 4.69) is 25.4 Å². The van der Waals surface area contributed by atoms with Gasteiger partial charge in [0, 0.05) is 37.1 Å². The standard InChI is InChI=1S/C33H33Cl2N7O7S/c1-48-22-11-13-23-25(16-22)30(32(44)39-49-17-20-8-6-19(7-9-20)14-29(43)38-46)31(24-12-10-21(34)15-26(24)35)42(33(23)45)28-5-3-2-4-27(28)40-50(47)18-37-41-36/h6-13,15-16,27-28,30-31,40H,2-5,14,17-18H2,1H3,(H,39,44)/t27-,28?,30+,31-,50-/m0/s1. The minimum Gasteiger partial charge on any atom is -0.598 e. The Balaban J connectivity index is 1.53. The van der Waals surface area contributed by atoms with Crippen molar-refractivity contribution in [3.8, 4) is 5.75 Å². The van der Waals surface area contributed by atoms with Crippen molar-refractivity contribution in [1.29, 1.82) is 0 Å². The topological polar surface area (TPSA) is 198 Å². The van der Waals surface area contributed by atoms with Gasteiger partial charge < -0.3 is 14.2 Å². The van der Waals surface area contributed by atoms with Crippen LogP contribution in [-0.2, 0) is 38.8 Å². The highest BCUT2D eigenvalue weighted by molar-refractivity contribution is 7.89. The van der Waals surface area contributed by atoms with Crippen molar-refractivity contribution in [2.24, 2.45) is 10.3 Å². The number of nitrogens with one attached hydrogen (secondary N) is 2. The average molecular weight is 743 g/mol. The second-order valence-electron chi connectivity index (χ2n) is 11.8. The van der Waals surface area contributed by atoms with Crippen molar-refractivity contribution >= 4 is 52.3 Å². The number of azide groups is 1. The number of nitrogens with zero attached hydrogens (tertiary/aromatic N) is 5. The smallest absolute Gasteiger partial charge is 0.290 e. The van der Waals surface area contributed by atoms with Gasteiger partial charge in [0.2, 0.25) is 5.88 Å². The summed E-state index contributed by atoms with van der Waals surface area (Å²) in [6.07, 6.45) is 2.55. The number of hydrogen-bond donors (Lipinski definition) is 2. The van der Waals surface area contributed by atoms with E-state index in [-0.39, 0.29) is 35.4 Å². The molecule has 5 atom stereocenters. The van der Waals surface area contributed by atoms with Crippen LogP contribution in [0.5, 0.6) is 5.75 Å². The van der Waals surface area contributed by atoms with Crippen LogP contribution in [0.25, 0.3) is 10.4 Å². The summed E-state index contributed by atoms with van der Waals surface area (Å²) in [7, 11) is 1.48. The largest absolute Gasteiger partial charge is 0.598 e. The summed E-state index contributed by atoms with van der Waals surface area (Å²) >= 11 is 11.4. The van der Waals surface area contributed by atoms with Crippen LogP contribution >= 0.6 is 23.2 Å². The van der Waals surface area contributed by atoms with E-state index in [1.165, 1.54) is 7.11 Å². The molecule has 1 heterocycles. The molecule has 1 fully saturated rings. The first-order valence-corrected chi connectivity index (χ1v) is 17.7. The van der Waals surface area contributed by atoms with Gasteiger partial charge in [-0.3, -0.25) is 19.2 Å². The molecule has 50 heavy (non-hydrogen) atoms. The van der Waals surface area contributed by atoms with E-state index in [0.29, 0.717) is 45.9 Å². The SMILES string of the molecule is COc1ccc2c(c1)[C@@H](C(=O)NOCc1ccc(CC(=O)N=O)cc1)[C@H](c1ccc(Cl)cc1Cl)N(C1CCCC[C@@H]1N[S@@+]([O-])CN=[N+]=[N-])C2=O. The third-order valence-electron chi connectivity index (χ3n) is 8.74. The number of hydrogen-bond acceptors (Lipinski definition) is 9. The molecular formula is C33H33Cl2N7O7S. The van der Waals surface area contributed by atoms with E-state index in [1.807, 2.05) is 0 Å². The number of methoxy groups -OCH3 is 1. The summed E-state index contributed by atoms with van der Waals surface area (Å²) in [4.78, 5) is 60.8. The van der Waals surface area contributed by atoms with E-state index in [0.717, 1.165) is 12.8 Å². The first kappa shape index (κ1) is 37.1. The lowest BCUT2D eigenvalue weighted by atomic mass is 9.76. The Labute approximate surface area is 300 Å². The van der Waals surface area contributed by atoms with E-state index in [1.54, 1.807) is 65.6 Å². The van der Waals surface area contributed by atoms with Gasteiger partial charge in [0.05, 0.1) is 44.2 Å². The zero-order valence-electron chi connectivity index (χ0n) is 26.8. The van der Waals surface area contributed by atoms with Crippen LogP contribution in [-0.4, -0.2) is 52.2 Å². The maximum atomic E-state index is 14.6. The van der Waals surface area contributed by atoms with Gasteiger partial charge in [-0.15, -0.1) is 9.63 Å². The van der Waals surface area contributed by atoms with Gasteiger partial charge in [0.1, 0.15) is 5.75 Å². The first-order valence-electron chi connectivity index (χ1n) is 15.6. The maximum absolute atomic E-state index is 14.6. The lowest BCUT2D eigenvalue weighted by Gasteiger charge is -2.49. The van der Waals surface area contributed by atoms with Crippen molar-refractivity contribution in [3.05, 3.63) is 114 Å². The van der Waals surface area contributed by atoms with Crippen LogP contribution in [0.3, 0.4) is 0 Å². The predicted octanol–water partition coefficient (Wildman–Crippen LogP) is 6.20. The first-order chi connectivity index (χ1) is 24.1. The molecule has 262 valence electrons. The molecule has 1 aliphatic heterocycles. The molecule has 0 spiro atoms. The van der Waals surface area contributed by atoms with E-state index < -0.39 is 47.2 Å². The van der Waals surface area contributed by atoms with Gasteiger partial charge in [-0.1, -0.05) is 66.4 Å². The number of carbonyl (C=O) groups is 3. The summed E-state index contributed by atoms with van der Waals surface area (Å²) in [5.74, 6) is -2.63. The molecule has 3 aromatic carbocycles. The summed E-state index contributed by atoms with van der Waals surface area (Å²) in [6, 6.07) is 14.5. The molecule has 1 saturated carbocycles. The van der Waals surface area contributed by atoms with Crippen molar-refractivity contribution < 1.29 is 28.5 Å². The zero-order valence-corrected chi connectivity index (χ0v) is 29.1. The lowest BCUT2D eigenvalue weighted by Crippen LogP contribution is -2.59. The van der Waals surface area contributed by atoms with Gasteiger partial charge in [-0.05, 0) is 76.1 Å². The second kappa shape index (κ2) is 17.1. The molecule has 2 N–H and O–H groups in total. The number of hydroxylamine groups is 1. The normalized spacial score (nSPS) is 20.6. The maximum Gasteiger partial charge on any atom is 0.290 e. The number of nitroso groups, excluding NO2 is 1. The molecule has 14 nitrogen and oxygen atoms in total. The van der Waals surface area contributed by atoms with E-state index >= 15 is 0 Å². The van der Waals surface area contributed by atoms with Crippen LogP contribution < -0.4 is 14.9 Å². The van der Waals surface area contributed by atoms with Gasteiger partial charge in [0.25, 0.3) is 17.7 Å². The molecule has 1 unspecified atom stereocenters. The highest BCUT2D eigenvalue weighted by Gasteiger charge is 2.50. The molecule has 17 heteroatoms. The van der Waals surface area contributed by atoms with E-state index in [4.69, 9.17) is 38.3 Å². The highest BCUT2D eigenvalue weighted by Crippen LogP contribution is 2.48. The average Bonchev–Trinajstić information content (AvgIpc) is 3.11. The summed E-state index contributed by atoms with van der Waals surface area (Å²) < 4.78 is 21.4. The molecule has 0 aromatic heterocycles. The number of fused-ring (bicyclic) bond motifs is 1. The third kappa shape index (κ3) is 8.56. The number of carbonyl (C=O) groups excluding carboxylic acids is 3. The predicted molar refractivity (Wildman–Crippen MR) is 186 cm³/mol. The molecule has 3 amide bonds. The highest BCUT2D eigenvalue weighted by atomic mass is 35.5. The van der Waals surface area contributed by atoms with Gasteiger partial charge >= 0.3 is 0 Å². The lowest BCUT2D eigenvalue weighted by molar-refractivity contribution is -0.138. The third-order valence-corrected chi connectivity index (χ3v) is 10.2. The zero-order chi connectivity index (χ0) is 35.8. The van der Waals surface area contributed by atoms with Crippen molar-refractivity contribution in [2.75, 3.05) is 13.0 Å². The summed E-state index contributed by atoms with van der Waals surface area (Å²) in [5.41, 5.74) is 13.7. The Morgan fingerprint density at radius 2 is 1.80 bits per heavy atom. The molecule has 1 aliphatic carbocycles. The number of benzene rings is 3. The number of halogens is 2. The van der Waals surface area contributed by atoms with E-state index in [9.17, 15) is 23.8 Å². The summed E-state index contributed by atoms with van der Waals surface area (Å²) in [5, 5.41) is 6.43. The van der Waals surface area contributed by atoms with Crippen LogP contribution in [0.1, 0.15) is 70.3 Å². The fourth-order valence-corrected chi connectivity index (χ4v) is 7.87. The molecule has 2 aliphatic rings. The quantitative estimate of drug-likeness (QED) is 0.0515. The Bertz CT molecular complexity index is 1790. The van der Waals surface area contributed by atoms with Crippen molar-refractivity contribution in [3.63, 3.8) is 0 Å². The molecule has 5 rings (SSSR count). The second-order valence-corrected chi connectivity index (χ2v) is 13.8. The molecule has 0 radical (unpaired) electrons. The van der Waals surface area contributed by atoms with Crippen molar-refractivity contribution in [2.45, 2.75) is 62.8 Å².